The zero-order chi connectivity index (χ0) is 8.10. The topological polar surface area (TPSA) is 56.0 Å². The van der Waals surface area contributed by atoms with Gasteiger partial charge in [-0.3, -0.25) is 4.79 Å². The molecule has 11 heavy (non-hydrogen) atoms. The number of thiazole rings is 1. The maximum Gasteiger partial charge on any atom is 0.241 e. The maximum absolute atomic E-state index is 10.2. The van der Waals surface area contributed by atoms with Gasteiger partial charge in [0.25, 0.3) is 0 Å². The van der Waals surface area contributed by atoms with E-state index in [9.17, 15) is 4.79 Å². The first-order valence-corrected chi connectivity index (χ1v) is 4.57. The van der Waals surface area contributed by atoms with E-state index in [1.165, 1.54) is 29.2 Å². The first-order chi connectivity index (χ1) is 5.29. The molecule has 0 fully saturated rings. The number of amides is 1. The van der Waals surface area contributed by atoms with Crippen LogP contribution in [-0.4, -0.2) is 10.9 Å². The smallest absolute Gasteiger partial charge is 0.241 e. The van der Waals surface area contributed by atoms with E-state index >= 15 is 0 Å². The zero-order valence-corrected chi connectivity index (χ0v) is 7.19. The molecule has 0 saturated carbocycles. The molecule has 1 heterocycles. The van der Waals surface area contributed by atoms with E-state index in [0.29, 0.717) is 0 Å². The lowest BCUT2D eigenvalue weighted by Gasteiger charge is -1.83. The minimum Gasteiger partial charge on any atom is -0.366 e. The van der Waals surface area contributed by atoms with Crippen molar-refractivity contribution in [1.82, 2.24) is 4.98 Å². The van der Waals surface area contributed by atoms with Crippen LogP contribution in [-0.2, 0) is 4.79 Å². The molecular weight excluding hydrogens is 180 g/mol. The summed E-state index contributed by atoms with van der Waals surface area (Å²) >= 11 is 2.90. The standard InChI is InChI=1S/C6H6N2OS2/c7-5(9)1-3-10-6-8-2-4-11-6/h1-4H,(H2,7,9). The second-order valence-electron chi connectivity index (χ2n) is 1.62. The molecule has 0 aliphatic rings. The molecule has 0 radical (unpaired) electrons. The predicted molar refractivity (Wildman–Crippen MR) is 46.3 cm³/mol. The molecule has 0 aliphatic heterocycles. The minimum absolute atomic E-state index is 0.436. The molecule has 1 rings (SSSR count). The highest BCUT2D eigenvalue weighted by Crippen LogP contribution is 2.20. The molecule has 58 valence electrons. The van der Waals surface area contributed by atoms with Crippen LogP contribution < -0.4 is 5.73 Å². The highest BCUT2D eigenvalue weighted by molar-refractivity contribution is 8.03. The summed E-state index contributed by atoms with van der Waals surface area (Å²) in [5.74, 6) is -0.436. The third kappa shape index (κ3) is 3.20. The van der Waals surface area contributed by atoms with Crippen molar-refractivity contribution in [3.05, 3.63) is 23.1 Å². The van der Waals surface area contributed by atoms with E-state index in [-0.39, 0.29) is 0 Å². The molecule has 2 N–H and O–H groups in total. The van der Waals surface area contributed by atoms with Gasteiger partial charge in [-0.05, 0) is 5.41 Å². The van der Waals surface area contributed by atoms with Gasteiger partial charge in [0.2, 0.25) is 5.91 Å². The lowest BCUT2D eigenvalue weighted by molar-refractivity contribution is -0.113. The van der Waals surface area contributed by atoms with Gasteiger partial charge < -0.3 is 5.73 Å². The lowest BCUT2D eigenvalue weighted by Crippen LogP contribution is -2.04. The summed E-state index contributed by atoms with van der Waals surface area (Å²) in [5, 5.41) is 3.50. The van der Waals surface area contributed by atoms with E-state index in [2.05, 4.69) is 4.98 Å². The van der Waals surface area contributed by atoms with Crippen molar-refractivity contribution >= 4 is 29.0 Å². The third-order valence-corrected chi connectivity index (χ3v) is 2.53. The van der Waals surface area contributed by atoms with Crippen LogP contribution in [0.2, 0.25) is 0 Å². The van der Waals surface area contributed by atoms with Crippen molar-refractivity contribution in [3.63, 3.8) is 0 Å². The Hall–Kier alpha value is -0.810. The number of carbonyl (C=O) groups is 1. The second-order valence-corrected chi connectivity index (χ2v) is 3.67. The molecule has 0 spiro atoms. The number of rotatable bonds is 3. The van der Waals surface area contributed by atoms with Crippen LogP contribution in [0.3, 0.4) is 0 Å². The van der Waals surface area contributed by atoms with Crippen molar-refractivity contribution in [2.24, 2.45) is 5.73 Å². The largest absolute Gasteiger partial charge is 0.366 e. The lowest BCUT2D eigenvalue weighted by atomic mass is 10.6. The fourth-order valence-corrected chi connectivity index (χ4v) is 1.78. The van der Waals surface area contributed by atoms with Gasteiger partial charge in [-0.2, -0.15) is 0 Å². The van der Waals surface area contributed by atoms with E-state index in [0.717, 1.165) is 4.34 Å². The number of carbonyl (C=O) groups excluding carboxylic acids is 1. The quantitative estimate of drug-likeness (QED) is 0.570. The summed E-state index contributed by atoms with van der Waals surface area (Å²) in [6, 6.07) is 0. The Bertz CT molecular complexity index is 256. The maximum atomic E-state index is 10.2. The van der Waals surface area contributed by atoms with Crippen molar-refractivity contribution in [3.8, 4) is 0 Å². The van der Waals surface area contributed by atoms with Gasteiger partial charge in [-0.15, -0.1) is 11.3 Å². The molecule has 0 unspecified atom stereocenters. The van der Waals surface area contributed by atoms with Gasteiger partial charge in [0.05, 0.1) is 0 Å². The van der Waals surface area contributed by atoms with Gasteiger partial charge >= 0.3 is 0 Å². The molecule has 5 heteroatoms. The summed E-state index contributed by atoms with van der Waals surface area (Å²) in [4.78, 5) is 14.2. The Balaban J connectivity index is 2.40. The van der Waals surface area contributed by atoms with Crippen LogP contribution in [0.4, 0.5) is 0 Å². The van der Waals surface area contributed by atoms with Gasteiger partial charge in [-0.1, -0.05) is 11.8 Å². The average Bonchev–Trinajstić information content (AvgIpc) is 2.39. The number of nitrogens with zero attached hydrogens (tertiary/aromatic N) is 1. The van der Waals surface area contributed by atoms with E-state index < -0.39 is 5.91 Å². The number of hydrogen-bond acceptors (Lipinski definition) is 4. The predicted octanol–water partition coefficient (Wildman–Crippen LogP) is 1.23. The van der Waals surface area contributed by atoms with E-state index in [1.807, 2.05) is 5.38 Å². The third-order valence-electron chi connectivity index (χ3n) is 0.811. The summed E-state index contributed by atoms with van der Waals surface area (Å²) in [7, 11) is 0. The number of thioether (sulfide) groups is 1. The first kappa shape index (κ1) is 8.29. The van der Waals surface area contributed by atoms with Crippen molar-refractivity contribution < 1.29 is 4.79 Å². The van der Waals surface area contributed by atoms with Crippen molar-refractivity contribution in [2.45, 2.75) is 4.34 Å². The molecule has 0 bridgehead atoms. The van der Waals surface area contributed by atoms with Crippen LogP contribution in [0.5, 0.6) is 0 Å². The number of primary amides is 1. The number of aromatic nitrogens is 1. The molecule has 1 aromatic heterocycles. The molecule has 3 nitrogen and oxygen atoms in total. The minimum atomic E-state index is -0.436. The Morgan fingerprint density at radius 3 is 3.18 bits per heavy atom. The van der Waals surface area contributed by atoms with Crippen molar-refractivity contribution in [2.75, 3.05) is 0 Å². The molecule has 1 aromatic rings. The van der Waals surface area contributed by atoms with Gasteiger partial charge in [0.1, 0.15) is 0 Å². The average molecular weight is 186 g/mol. The SMILES string of the molecule is NC(=O)C=CSc1nccs1. The van der Waals surface area contributed by atoms with Crippen LogP contribution in [0.15, 0.2) is 27.4 Å². The fourth-order valence-electron chi connectivity index (χ4n) is 0.428. The Morgan fingerprint density at radius 2 is 2.64 bits per heavy atom. The van der Waals surface area contributed by atoms with Gasteiger partial charge in [0.15, 0.2) is 4.34 Å². The number of hydrogen-bond donors (Lipinski definition) is 1. The summed E-state index contributed by atoms with van der Waals surface area (Å²) in [6.45, 7) is 0. The second kappa shape index (κ2) is 4.15. The highest BCUT2D eigenvalue weighted by atomic mass is 32.2. The van der Waals surface area contributed by atoms with Crippen LogP contribution >= 0.6 is 23.1 Å². The normalized spacial score (nSPS) is 10.5. The molecule has 1 amide bonds. The monoisotopic (exact) mass is 186 g/mol. The Labute approximate surface area is 72.3 Å². The summed E-state index contributed by atoms with van der Waals surface area (Å²) in [5.41, 5.74) is 4.88. The highest BCUT2D eigenvalue weighted by Gasteiger charge is 1.90. The number of nitrogens with two attached hydrogens (primary N) is 1. The Kier molecular flexibility index (Phi) is 3.13. The Morgan fingerprint density at radius 1 is 1.82 bits per heavy atom. The molecule has 0 aromatic carbocycles. The van der Waals surface area contributed by atoms with Crippen LogP contribution in [0, 0.1) is 0 Å². The van der Waals surface area contributed by atoms with Crippen molar-refractivity contribution in [1.29, 1.82) is 0 Å². The molecule has 0 atom stereocenters. The molecule has 0 aliphatic carbocycles. The summed E-state index contributed by atoms with van der Waals surface area (Å²) in [6.07, 6.45) is 3.02. The summed E-state index contributed by atoms with van der Waals surface area (Å²) < 4.78 is 0.905. The van der Waals surface area contributed by atoms with Gasteiger partial charge in [-0.25, -0.2) is 4.98 Å². The van der Waals surface area contributed by atoms with E-state index in [4.69, 9.17) is 5.73 Å². The van der Waals surface area contributed by atoms with E-state index in [1.54, 1.807) is 11.6 Å². The zero-order valence-electron chi connectivity index (χ0n) is 5.56. The van der Waals surface area contributed by atoms with Crippen LogP contribution in [0.25, 0.3) is 0 Å². The first-order valence-electron chi connectivity index (χ1n) is 2.81. The van der Waals surface area contributed by atoms with Crippen LogP contribution in [0.1, 0.15) is 0 Å². The van der Waals surface area contributed by atoms with Gasteiger partial charge in [0, 0.05) is 17.7 Å². The molecule has 0 saturated heterocycles. The fraction of sp³-hybridized carbons (Fsp3) is 0. The molecular formula is C6H6N2OS2.